The van der Waals surface area contributed by atoms with Gasteiger partial charge in [0.05, 0.1) is 26.0 Å². The molecular formula is C14H23NO3. The lowest BCUT2D eigenvalue weighted by atomic mass is 10.1. The van der Waals surface area contributed by atoms with E-state index in [0.717, 1.165) is 36.4 Å². The zero-order valence-corrected chi connectivity index (χ0v) is 11.4. The van der Waals surface area contributed by atoms with Crippen LogP contribution in [0.2, 0.25) is 0 Å². The summed E-state index contributed by atoms with van der Waals surface area (Å²) in [6.45, 7) is 2.65. The summed E-state index contributed by atoms with van der Waals surface area (Å²) in [5, 5.41) is 13.0. The van der Waals surface area contributed by atoms with E-state index >= 15 is 0 Å². The van der Waals surface area contributed by atoms with Gasteiger partial charge in [-0.05, 0) is 18.6 Å². The Bertz CT molecular complexity index is 355. The number of benzene rings is 1. The molecule has 0 saturated heterocycles. The molecule has 0 bridgehead atoms. The third-order valence-electron chi connectivity index (χ3n) is 2.83. The molecule has 0 saturated carbocycles. The predicted molar refractivity (Wildman–Crippen MR) is 73.6 cm³/mol. The number of rotatable bonds is 8. The van der Waals surface area contributed by atoms with Crippen molar-refractivity contribution in [1.82, 2.24) is 0 Å². The molecule has 0 aliphatic heterocycles. The van der Waals surface area contributed by atoms with Crippen LogP contribution in [0, 0.1) is 0 Å². The van der Waals surface area contributed by atoms with Gasteiger partial charge in [-0.25, -0.2) is 0 Å². The summed E-state index contributed by atoms with van der Waals surface area (Å²) in [5.41, 5.74) is 0.869. The smallest absolute Gasteiger partial charge is 0.145 e. The summed E-state index contributed by atoms with van der Waals surface area (Å²) < 4.78 is 10.4. The first-order valence-corrected chi connectivity index (χ1v) is 6.35. The van der Waals surface area contributed by atoms with Crippen molar-refractivity contribution in [2.24, 2.45) is 0 Å². The van der Waals surface area contributed by atoms with Crippen LogP contribution < -0.4 is 14.8 Å². The summed E-state index contributed by atoms with van der Waals surface area (Å²) in [6.07, 6.45) is 2.64. The van der Waals surface area contributed by atoms with Gasteiger partial charge < -0.3 is 19.9 Å². The Balaban J connectivity index is 2.55. The molecule has 1 rings (SSSR count). The average Bonchev–Trinajstić information content (AvgIpc) is 2.42. The first-order chi connectivity index (χ1) is 8.71. The molecule has 0 aromatic heterocycles. The molecule has 102 valence electrons. The van der Waals surface area contributed by atoms with Crippen molar-refractivity contribution in [2.45, 2.75) is 32.3 Å². The summed E-state index contributed by atoms with van der Waals surface area (Å²) >= 11 is 0. The molecule has 0 radical (unpaired) electrons. The number of ether oxygens (including phenoxy) is 2. The lowest BCUT2D eigenvalue weighted by Gasteiger charge is -2.15. The molecule has 1 unspecified atom stereocenters. The number of methoxy groups -OCH3 is 2. The van der Waals surface area contributed by atoms with Gasteiger partial charge in [0.1, 0.15) is 11.5 Å². The van der Waals surface area contributed by atoms with Crippen LogP contribution in [0.25, 0.3) is 0 Å². The normalized spacial score (nSPS) is 12.0. The zero-order chi connectivity index (χ0) is 13.4. The van der Waals surface area contributed by atoms with E-state index in [2.05, 4.69) is 12.2 Å². The van der Waals surface area contributed by atoms with Crippen molar-refractivity contribution in [2.75, 3.05) is 26.1 Å². The van der Waals surface area contributed by atoms with E-state index in [4.69, 9.17) is 9.47 Å². The Morgan fingerprint density at radius 3 is 2.67 bits per heavy atom. The van der Waals surface area contributed by atoms with Crippen LogP contribution in [0.3, 0.4) is 0 Å². The molecule has 4 nitrogen and oxygen atoms in total. The number of unbranched alkanes of at least 4 members (excludes halogenated alkanes) is 1. The second-order valence-corrected chi connectivity index (χ2v) is 4.24. The molecule has 0 fully saturated rings. The predicted octanol–water partition coefficient (Wildman–Crippen LogP) is 2.67. The van der Waals surface area contributed by atoms with E-state index < -0.39 is 0 Å². The molecule has 2 N–H and O–H groups in total. The fourth-order valence-corrected chi connectivity index (χ4v) is 1.71. The van der Waals surface area contributed by atoms with Crippen LogP contribution in [0.15, 0.2) is 18.2 Å². The second kappa shape index (κ2) is 7.82. The highest BCUT2D eigenvalue weighted by Crippen LogP contribution is 2.28. The number of nitrogens with one attached hydrogen (secondary N) is 1. The molecule has 0 spiro atoms. The summed E-state index contributed by atoms with van der Waals surface area (Å²) in [7, 11) is 3.24. The number of anilines is 1. The van der Waals surface area contributed by atoms with E-state index in [1.54, 1.807) is 14.2 Å². The van der Waals surface area contributed by atoms with Gasteiger partial charge >= 0.3 is 0 Å². The van der Waals surface area contributed by atoms with Crippen LogP contribution in [0.1, 0.15) is 26.2 Å². The third-order valence-corrected chi connectivity index (χ3v) is 2.83. The van der Waals surface area contributed by atoms with Gasteiger partial charge in [0, 0.05) is 12.6 Å². The van der Waals surface area contributed by atoms with Crippen LogP contribution in [0.4, 0.5) is 5.69 Å². The minimum Gasteiger partial charge on any atom is -0.497 e. The minimum atomic E-state index is -0.322. The summed E-state index contributed by atoms with van der Waals surface area (Å²) in [6, 6.07) is 5.58. The molecule has 4 heteroatoms. The molecular weight excluding hydrogens is 230 g/mol. The van der Waals surface area contributed by atoms with Crippen molar-refractivity contribution in [1.29, 1.82) is 0 Å². The van der Waals surface area contributed by atoms with Gasteiger partial charge in [0.15, 0.2) is 0 Å². The Morgan fingerprint density at radius 1 is 1.28 bits per heavy atom. The van der Waals surface area contributed by atoms with Gasteiger partial charge in [-0.1, -0.05) is 19.8 Å². The molecule has 0 aliphatic carbocycles. The van der Waals surface area contributed by atoms with Crippen molar-refractivity contribution in [3.63, 3.8) is 0 Å². The standard InChI is InChI=1S/C14H23NO3/c1-4-5-6-11(16)10-15-13-8-7-12(17-2)9-14(13)18-3/h7-9,11,15-16H,4-6,10H2,1-3H3. The Morgan fingerprint density at radius 2 is 2.06 bits per heavy atom. The largest absolute Gasteiger partial charge is 0.497 e. The highest BCUT2D eigenvalue weighted by Gasteiger charge is 2.07. The monoisotopic (exact) mass is 253 g/mol. The van der Waals surface area contributed by atoms with E-state index in [9.17, 15) is 5.11 Å². The number of hydrogen-bond donors (Lipinski definition) is 2. The van der Waals surface area contributed by atoms with Gasteiger partial charge in [0.25, 0.3) is 0 Å². The van der Waals surface area contributed by atoms with E-state index in [1.807, 2.05) is 18.2 Å². The van der Waals surface area contributed by atoms with Crippen LogP contribution in [-0.4, -0.2) is 32.0 Å². The number of hydrogen-bond acceptors (Lipinski definition) is 4. The fourth-order valence-electron chi connectivity index (χ4n) is 1.71. The first-order valence-electron chi connectivity index (χ1n) is 6.35. The zero-order valence-electron chi connectivity index (χ0n) is 11.4. The average molecular weight is 253 g/mol. The maximum absolute atomic E-state index is 9.78. The Kier molecular flexibility index (Phi) is 6.36. The summed E-state index contributed by atoms with van der Waals surface area (Å²) in [5.74, 6) is 1.47. The molecule has 0 amide bonds. The molecule has 18 heavy (non-hydrogen) atoms. The molecule has 0 aliphatic rings. The maximum Gasteiger partial charge on any atom is 0.145 e. The van der Waals surface area contributed by atoms with E-state index in [-0.39, 0.29) is 6.10 Å². The highest BCUT2D eigenvalue weighted by atomic mass is 16.5. The quantitative estimate of drug-likeness (QED) is 0.748. The van der Waals surface area contributed by atoms with Crippen LogP contribution >= 0.6 is 0 Å². The van der Waals surface area contributed by atoms with E-state index in [1.165, 1.54) is 0 Å². The van der Waals surface area contributed by atoms with Crippen molar-refractivity contribution >= 4 is 5.69 Å². The maximum atomic E-state index is 9.78. The molecule has 1 aromatic rings. The van der Waals surface area contributed by atoms with Gasteiger partial charge in [-0.2, -0.15) is 0 Å². The third kappa shape index (κ3) is 4.45. The first kappa shape index (κ1) is 14.6. The van der Waals surface area contributed by atoms with Crippen molar-refractivity contribution in [3.05, 3.63) is 18.2 Å². The SMILES string of the molecule is CCCCC(O)CNc1ccc(OC)cc1OC. The summed E-state index contributed by atoms with van der Waals surface area (Å²) in [4.78, 5) is 0. The highest BCUT2D eigenvalue weighted by molar-refractivity contribution is 5.59. The fraction of sp³-hybridized carbons (Fsp3) is 0.571. The van der Waals surface area contributed by atoms with Gasteiger partial charge in [0.2, 0.25) is 0 Å². The number of aliphatic hydroxyl groups is 1. The molecule has 0 heterocycles. The Hall–Kier alpha value is -1.42. The molecule has 1 aromatic carbocycles. The minimum absolute atomic E-state index is 0.322. The van der Waals surface area contributed by atoms with Crippen LogP contribution in [0.5, 0.6) is 11.5 Å². The Labute approximate surface area is 109 Å². The van der Waals surface area contributed by atoms with E-state index in [0.29, 0.717) is 6.54 Å². The second-order valence-electron chi connectivity index (χ2n) is 4.24. The van der Waals surface area contributed by atoms with Crippen molar-refractivity contribution in [3.8, 4) is 11.5 Å². The lowest BCUT2D eigenvalue weighted by Crippen LogP contribution is -2.19. The van der Waals surface area contributed by atoms with Crippen molar-refractivity contribution < 1.29 is 14.6 Å². The topological polar surface area (TPSA) is 50.7 Å². The van der Waals surface area contributed by atoms with Crippen LogP contribution in [-0.2, 0) is 0 Å². The number of aliphatic hydroxyl groups excluding tert-OH is 1. The lowest BCUT2D eigenvalue weighted by molar-refractivity contribution is 0.174. The van der Waals surface area contributed by atoms with Gasteiger partial charge in [-0.3, -0.25) is 0 Å². The molecule has 1 atom stereocenters. The van der Waals surface area contributed by atoms with Gasteiger partial charge in [-0.15, -0.1) is 0 Å².